The molecule has 0 aromatic rings. The van der Waals surface area contributed by atoms with Gasteiger partial charge in [-0.1, -0.05) is 25.0 Å². The molecule has 0 bridgehead atoms. The first-order valence-corrected chi connectivity index (χ1v) is 4.88. The maximum absolute atomic E-state index is 12.6. The highest BCUT2D eigenvalue weighted by atomic mass is 19.4. The van der Waals surface area contributed by atoms with Crippen molar-refractivity contribution >= 4 is 0 Å². The molecule has 0 heterocycles. The molecule has 0 saturated heterocycles. The van der Waals surface area contributed by atoms with Crippen molar-refractivity contribution in [3.63, 3.8) is 0 Å². The van der Waals surface area contributed by atoms with Crippen LogP contribution in [-0.2, 0) is 0 Å². The van der Waals surface area contributed by atoms with Crippen LogP contribution in [0.15, 0.2) is 11.1 Å². The zero-order valence-electron chi connectivity index (χ0n) is 9.13. The highest BCUT2D eigenvalue weighted by molar-refractivity contribution is 5.21. The average molecular weight is 206 g/mol. The van der Waals surface area contributed by atoms with Gasteiger partial charge < -0.3 is 0 Å². The SMILES string of the molecule is CC1=C(C)C(C)(C)CC(C(F)(F)F)C1. The van der Waals surface area contributed by atoms with Gasteiger partial charge in [0.1, 0.15) is 0 Å². The summed E-state index contributed by atoms with van der Waals surface area (Å²) < 4.78 is 37.7. The predicted molar refractivity (Wildman–Crippen MR) is 50.9 cm³/mol. The molecule has 0 aliphatic heterocycles. The zero-order valence-corrected chi connectivity index (χ0v) is 9.13. The molecule has 0 spiro atoms. The minimum Gasteiger partial charge on any atom is -0.171 e. The summed E-state index contributed by atoms with van der Waals surface area (Å²) in [6, 6.07) is 0. The number of hydrogen-bond donors (Lipinski definition) is 0. The second-order valence-electron chi connectivity index (χ2n) is 4.94. The van der Waals surface area contributed by atoms with Crippen molar-refractivity contribution in [3.8, 4) is 0 Å². The normalized spacial score (nSPS) is 28.1. The first-order valence-electron chi connectivity index (χ1n) is 4.88. The molecule has 1 aliphatic carbocycles. The lowest BCUT2D eigenvalue weighted by Crippen LogP contribution is -2.33. The number of halogens is 3. The van der Waals surface area contributed by atoms with Crippen LogP contribution in [0.4, 0.5) is 13.2 Å². The van der Waals surface area contributed by atoms with E-state index in [1.165, 1.54) is 0 Å². The molecule has 82 valence electrons. The molecule has 0 N–H and O–H groups in total. The van der Waals surface area contributed by atoms with Gasteiger partial charge in [-0.2, -0.15) is 13.2 Å². The molecule has 1 atom stereocenters. The van der Waals surface area contributed by atoms with Gasteiger partial charge in [-0.3, -0.25) is 0 Å². The fraction of sp³-hybridized carbons (Fsp3) is 0.818. The lowest BCUT2D eigenvalue weighted by atomic mass is 9.69. The van der Waals surface area contributed by atoms with Crippen molar-refractivity contribution < 1.29 is 13.2 Å². The van der Waals surface area contributed by atoms with Gasteiger partial charge in [0, 0.05) is 0 Å². The van der Waals surface area contributed by atoms with Gasteiger partial charge >= 0.3 is 6.18 Å². The average Bonchev–Trinajstić information content (AvgIpc) is 1.97. The van der Waals surface area contributed by atoms with Crippen LogP contribution in [0.3, 0.4) is 0 Å². The first kappa shape index (κ1) is 11.6. The van der Waals surface area contributed by atoms with Crippen molar-refractivity contribution in [2.45, 2.75) is 46.7 Å². The Hall–Kier alpha value is -0.470. The highest BCUT2D eigenvalue weighted by Crippen LogP contribution is 2.47. The van der Waals surface area contributed by atoms with Gasteiger partial charge in [0.15, 0.2) is 0 Å². The van der Waals surface area contributed by atoms with E-state index in [1.807, 2.05) is 27.7 Å². The molecule has 1 aliphatic rings. The number of allylic oxidation sites excluding steroid dienone is 2. The summed E-state index contributed by atoms with van der Waals surface area (Å²) in [5.41, 5.74) is 1.73. The van der Waals surface area contributed by atoms with E-state index in [0.29, 0.717) is 0 Å². The molecule has 0 nitrogen and oxygen atoms in total. The van der Waals surface area contributed by atoms with E-state index in [2.05, 4.69) is 0 Å². The van der Waals surface area contributed by atoms with Crippen molar-refractivity contribution in [2.24, 2.45) is 11.3 Å². The van der Waals surface area contributed by atoms with E-state index in [1.54, 1.807) is 0 Å². The van der Waals surface area contributed by atoms with E-state index in [9.17, 15) is 13.2 Å². The van der Waals surface area contributed by atoms with Gasteiger partial charge in [-0.05, 0) is 32.1 Å². The second kappa shape index (κ2) is 3.28. The third kappa shape index (κ3) is 2.12. The number of hydrogen-bond acceptors (Lipinski definition) is 0. The Morgan fingerprint density at radius 3 is 2.07 bits per heavy atom. The maximum Gasteiger partial charge on any atom is 0.392 e. The van der Waals surface area contributed by atoms with E-state index in [4.69, 9.17) is 0 Å². The third-order valence-electron chi connectivity index (χ3n) is 3.43. The van der Waals surface area contributed by atoms with Crippen LogP contribution in [0.25, 0.3) is 0 Å². The minimum atomic E-state index is -4.04. The summed E-state index contributed by atoms with van der Waals surface area (Å²) in [7, 11) is 0. The van der Waals surface area contributed by atoms with Crippen LogP contribution in [-0.4, -0.2) is 6.18 Å². The van der Waals surface area contributed by atoms with Crippen LogP contribution in [0.5, 0.6) is 0 Å². The molecule has 0 saturated carbocycles. The summed E-state index contributed by atoms with van der Waals surface area (Å²) in [5.74, 6) is -1.15. The van der Waals surface area contributed by atoms with Crippen LogP contribution in [0.2, 0.25) is 0 Å². The van der Waals surface area contributed by atoms with Crippen molar-refractivity contribution in [3.05, 3.63) is 11.1 Å². The summed E-state index contributed by atoms with van der Waals surface area (Å²) in [6.07, 6.45) is -3.64. The Morgan fingerprint density at radius 2 is 1.71 bits per heavy atom. The van der Waals surface area contributed by atoms with Crippen LogP contribution >= 0.6 is 0 Å². The first-order chi connectivity index (χ1) is 6.14. The smallest absolute Gasteiger partial charge is 0.171 e. The molecule has 0 amide bonds. The van der Waals surface area contributed by atoms with E-state index < -0.39 is 12.1 Å². The molecule has 0 radical (unpaired) electrons. The standard InChI is InChI=1S/C11H17F3/c1-7-5-9(11(12,13)14)6-10(3,4)8(7)2/h9H,5-6H2,1-4H3. The third-order valence-corrected chi connectivity index (χ3v) is 3.43. The summed E-state index contributed by atoms with van der Waals surface area (Å²) >= 11 is 0. The Kier molecular flexibility index (Phi) is 2.72. The molecule has 1 rings (SSSR count). The summed E-state index contributed by atoms with van der Waals surface area (Å²) in [4.78, 5) is 0. The molecule has 14 heavy (non-hydrogen) atoms. The Labute approximate surface area is 83.2 Å². The topological polar surface area (TPSA) is 0 Å². The molecule has 0 fully saturated rings. The minimum absolute atomic E-state index is 0.179. The van der Waals surface area contributed by atoms with Crippen LogP contribution in [0, 0.1) is 11.3 Å². The molecular formula is C11H17F3. The quantitative estimate of drug-likeness (QED) is 0.518. The Bertz CT molecular complexity index is 258. The van der Waals surface area contributed by atoms with Gasteiger partial charge in [0.2, 0.25) is 0 Å². The molecule has 1 unspecified atom stereocenters. The van der Waals surface area contributed by atoms with Gasteiger partial charge in [0.05, 0.1) is 5.92 Å². The van der Waals surface area contributed by atoms with E-state index in [0.717, 1.165) is 11.1 Å². The lowest BCUT2D eigenvalue weighted by Gasteiger charge is -2.38. The maximum atomic E-state index is 12.6. The molecular weight excluding hydrogens is 189 g/mol. The Morgan fingerprint density at radius 1 is 1.21 bits per heavy atom. The summed E-state index contributed by atoms with van der Waals surface area (Å²) in [5, 5.41) is 0. The zero-order chi connectivity index (χ0) is 11.1. The fourth-order valence-electron chi connectivity index (χ4n) is 2.17. The highest BCUT2D eigenvalue weighted by Gasteiger charge is 2.45. The molecule has 0 aromatic carbocycles. The fourth-order valence-corrected chi connectivity index (χ4v) is 2.17. The van der Waals surface area contributed by atoms with Crippen LogP contribution in [0.1, 0.15) is 40.5 Å². The van der Waals surface area contributed by atoms with Crippen molar-refractivity contribution in [1.29, 1.82) is 0 Å². The van der Waals surface area contributed by atoms with E-state index in [-0.39, 0.29) is 18.3 Å². The number of alkyl halides is 3. The predicted octanol–water partition coefficient (Wildman–Crippen LogP) is 4.32. The summed E-state index contributed by atoms with van der Waals surface area (Å²) in [6.45, 7) is 7.55. The van der Waals surface area contributed by atoms with Crippen molar-refractivity contribution in [2.75, 3.05) is 0 Å². The Balaban J connectivity index is 2.96. The molecule has 0 aromatic heterocycles. The van der Waals surface area contributed by atoms with Crippen molar-refractivity contribution in [1.82, 2.24) is 0 Å². The van der Waals surface area contributed by atoms with Crippen LogP contribution < -0.4 is 0 Å². The van der Waals surface area contributed by atoms with E-state index >= 15 is 0 Å². The van der Waals surface area contributed by atoms with Gasteiger partial charge in [-0.15, -0.1) is 0 Å². The lowest BCUT2D eigenvalue weighted by molar-refractivity contribution is -0.182. The second-order valence-corrected chi connectivity index (χ2v) is 4.94. The van der Waals surface area contributed by atoms with Gasteiger partial charge in [-0.25, -0.2) is 0 Å². The van der Waals surface area contributed by atoms with Gasteiger partial charge in [0.25, 0.3) is 0 Å². The number of rotatable bonds is 0. The monoisotopic (exact) mass is 206 g/mol. The largest absolute Gasteiger partial charge is 0.392 e. The molecule has 3 heteroatoms.